The van der Waals surface area contributed by atoms with Crippen molar-refractivity contribution < 1.29 is 4.39 Å². The van der Waals surface area contributed by atoms with Gasteiger partial charge < -0.3 is 5.32 Å². The van der Waals surface area contributed by atoms with Crippen molar-refractivity contribution in [1.82, 2.24) is 10.2 Å². The van der Waals surface area contributed by atoms with Crippen molar-refractivity contribution in [3.05, 3.63) is 35.6 Å². The van der Waals surface area contributed by atoms with Gasteiger partial charge in [0.25, 0.3) is 0 Å². The van der Waals surface area contributed by atoms with E-state index in [2.05, 4.69) is 17.1 Å². The van der Waals surface area contributed by atoms with Crippen LogP contribution in [0.5, 0.6) is 0 Å². The molecular weight excluding hydrogens is 227 g/mol. The van der Waals surface area contributed by atoms with E-state index in [4.69, 9.17) is 0 Å². The molecule has 0 spiro atoms. The van der Waals surface area contributed by atoms with Crippen LogP contribution in [0.3, 0.4) is 0 Å². The molecule has 2 nitrogen and oxygen atoms in total. The highest BCUT2D eigenvalue weighted by molar-refractivity contribution is 5.21. The van der Waals surface area contributed by atoms with Crippen molar-refractivity contribution in [3.8, 4) is 0 Å². The second-order valence-corrected chi connectivity index (χ2v) is 5.62. The van der Waals surface area contributed by atoms with Gasteiger partial charge in [-0.05, 0) is 32.3 Å². The average Bonchev–Trinajstić information content (AvgIpc) is 2.69. The number of halogens is 1. The normalized spacial score (nSPS) is 30.1. The lowest BCUT2D eigenvalue weighted by molar-refractivity contribution is 0.196. The molecule has 1 aromatic carbocycles. The zero-order chi connectivity index (χ0) is 12.5. The van der Waals surface area contributed by atoms with Crippen molar-refractivity contribution in [3.63, 3.8) is 0 Å². The minimum Gasteiger partial charge on any atom is -0.310 e. The van der Waals surface area contributed by atoms with Gasteiger partial charge in [0.2, 0.25) is 0 Å². The maximum absolute atomic E-state index is 13.8. The van der Waals surface area contributed by atoms with Crippen molar-refractivity contribution >= 4 is 0 Å². The van der Waals surface area contributed by atoms with Gasteiger partial charge in [-0.3, -0.25) is 4.90 Å². The molecule has 98 valence electrons. The van der Waals surface area contributed by atoms with E-state index in [1.165, 1.54) is 19.3 Å². The third-order valence-corrected chi connectivity index (χ3v) is 4.46. The van der Waals surface area contributed by atoms with Gasteiger partial charge in [-0.15, -0.1) is 0 Å². The lowest BCUT2D eigenvalue weighted by atomic mass is 10.0. The van der Waals surface area contributed by atoms with Crippen LogP contribution in [0.1, 0.15) is 37.8 Å². The summed E-state index contributed by atoms with van der Waals surface area (Å²) in [7, 11) is 0. The van der Waals surface area contributed by atoms with Crippen LogP contribution in [0.15, 0.2) is 24.3 Å². The van der Waals surface area contributed by atoms with Crippen LogP contribution in [0.4, 0.5) is 4.39 Å². The highest BCUT2D eigenvalue weighted by atomic mass is 19.1. The molecule has 0 amide bonds. The molecule has 0 radical (unpaired) electrons. The molecule has 2 fully saturated rings. The first-order valence-corrected chi connectivity index (χ1v) is 6.98. The predicted molar refractivity (Wildman–Crippen MR) is 71.0 cm³/mol. The van der Waals surface area contributed by atoms with Gasteiger partial charge in [0, 0.05) is 36.8 Å². The molecule has 2 aliphatic rings. The topological polar surface area (TPSA) is 15.3 Å². The highest BCUT2D eigenvalue weighted by Gasteiger charge is 2.31. The van der Waals surface area contributed by atoms with Crippen LogP contribution in [0.25, 0.3) is 0 Å². The Morgan fingerprint density at radius 3 is 2.83 bits per heavy atom. The Hall–Kier alpha value is -0.930. The Labute approximate surface area is 108 Å². The zero-order valence-electron chi connectivity index (χ0n) is 10.9. The molecule has 3 unspecified atom stereocenters. The van der Waals surface area contributed by atoms with E-state index < -0.39 is 0 Å². The van der Waals surface area contributed by atoms with Crippen molar-refractivity contribution in [1.29, 1.82) is 0 Å². The summed E-state index contributed by atoms with van der Waals surface area (Å²) < 4.78 is 13.8. The van der Waals surface area contributed by atoms with Gasteiger partial charge in [0.15, 0.2) is 0 Å². The number of hydrogen-bond donors (Lipinski definition) is 1. The number of benzene rings is 1. The second kappa shape index (κ2) is 4.98. The molecule has 2 saturated heterocycles. The van der Waals surface area contributed by atoms with Crippen LogP contribution in [-0.4, -0.2) is 30.1 Å². The molecule has 0 saturated carbocycles. The van der Waals surface area contributed by atoms with Gasteiger partial charge >= 0.3 is 0 Å². The predicted octanol–water partition coefficient (Wildman–Crippen LogP) is 2.71. The van der Waals surface area contributed by atoms with Crippen molar-refractivity contribution in [2.45, 2.75) is 44.3 Å². The molecule has 2 bridgehead atoms. The molecule has 18 heavy (non-hydrogen) atoms. The van der Waals surface area contributed by atoms with Gasteiger partial charge in [0.1, 0.15) is 5.82 Å². The van der Waals surface area contributed by atoms with E-state index in [1.54, 1.807) is 12.1 Å². The van der Waals surface area contributed by atoms with E-state index in [1.807, 2.05) is 12.1 Å². The fourth-order valence-corrected chi connectivity index (χ4v) is 3.33. The summed E-state index contributed by atoms with van der Waals surface area (Å²) in [6.07, 6.45) is 3.77. The van der Waals surface area contributed by atoms with Crippen molar-refractivity contribution in [2.75, 3.05) is 13.1 Å². The molecule has 0 aliphatic carbocycles. The van der Waals surface area contributed by atoms with E-state index in [-0.39, 0.29) is 11.9 Å². The SMILES string of the molecule is CC(c1ccccc1F)N1CCC2CCC(C1)N2. The van der Waals surface area contributed by atoms with Crippen LogP contribution in [0.2, 0.25) is 0 Å². The quantitative estimate of drug-likeness (QED) is 0.865. The number of hydrogen-bond acceptors (Lipinski definition) is 2. The number of likely N-dealkylation sites (tertiary alicyclic amines) is 1. The fourth-order valence-electron chi connectivity index (χ4n) is 3.33. The van der Waals surface area contributed by atoms with Crippen molar-refractivity contribution in [2.24, 2.45) is 0 Å². The highest BCUT2D eigenvalue weighted by Crippen LogP contribution is 2.28. The van der Waals surface area contributed by atoms with Crippen LogP contribution in [-0.2, 0) is 0 Å². The summed E-state index contributed by atoms with van der Waals surface area (Å²) in [4.78, 5) is 2.43. The number of nitrogens with zero attached hydrogens (tertiary/aromatic N) is 1. The minimum absolute atomic E-state index is 0.0765. The van der Waals surface area contributed by atoms with E-state index in [0.29, 0.717) is 12.1 Å². The Balaban J connectivity index is 1.76. The van der Waals surface area contributed by atoms with Crippen LogP contribution < -0.4 is 5.32 Å². The van der Waals surface area contributed by atoms with E-state index in [0.717, 1.165) is 18.7 Å². The Kier molecular flexibility index (Phi) is 3.35. The summed E-state index contributed by atoms with van der Waals surface area (Å²) in [6.45, 7) is 4.24. The zero-order valence-corrected chi connectivity index (χ0v) is 10.9. The fraction of sp³-hybridized carbons (Fsp3) is 0.600. The summed E-state index contributed by atoms with van der Waals surface area (Å²) in [5, 5.41) is 3.67. The van der Waals surface area contributed by atoms with Gasteiger partial charge in [-0.25, -0.2) is 4.39 Å². The standard InChI is InChI=1S/C15H21FN2/c1-11(14-4-2-3-5-15(14)16)18-9-8-12-6-7-13(10-18)17-12/h2-5,11-13,17H,6-10H2,1H3. The molecule has 3 atom stereocenters. The molecule has 2 heterocycles. The first-order chi connectivity index (χ1) is 8.74. The maximum atomic E-state index is 13.8. The number of fused-ring (bicyclic) bond motifs is 2. The molecule has 3 rings (SSSR count). The summed E-state index contributed by atoms with van der Waals surface area (Å²) in [6, 6.07) is 8.63. The Morgan fingerprint density at radius 1 is 1.22 bits per heavy atom. The number of nitrogens with one attached hydrogen (secondary N) is 1. The molecule has 1 aromatic rings. The lowest BCUT2D eigenvalue weighted by Gasteiger charge is -2.30. The summed E-state index contributed by atoms with van der Waals surface area (Å²) >= 11 is 0. The number of rotatable bonds is 2. The third kappa shape index (κ3) is 2.29. The average molecular weight is 248 g/mol. The lowest BCUT2D eigenvalue weighted by Crippen LogP contribution is -2.37. The van der Waals surface area contributed by atoms with E-state index in [9.17, 15) is 4.39 Å². The molecule has 0 aromatic heterocycles. The second-order valence-electron chi connectivity index (χ2n) is 5.62. The van der Waals surface area contributed by atoms with Crippen LogP contribution >= 0.6 is 0 Å². The van der Waals surface area contributed by atoms with Gasteiger partial charge in [-0.2, -0.15) is 0 Å². The maximum Gasteiger partial charge on any atom is 0.127 e. The molecule has 1 N–H and O–H groups in total. The largest absolute Gasteiger partial charge is 0.310 e. The summed E-state index contributed by atoms with van der Waals surface area (Å²) in [5.41, 5.74) is 0.829. The van der Waals surface area contributed by atoms with Gasteiger partial charge in [-0.1, -0.05) is 18.2 Å². The van der Waals surface area contributed by atoms with Crippen LogP contribution in [0, 0.1) is 5.82 Å². The first kappa shape index (κ1) is 12.1. The molecule has 2 aliphatic heterocycles. The van der Waals surface area contributed by atoms with Gasteiger partial charge in [0.05, 0.1) is 0 Å². The van der Waals surface area contributed by atoms with E-state index >= 15 is 0 Å². The monoisotopic (exact) mass is 248 g/mol. The minimum atomic E-state index is -0.0765. The Bertz CT molecular complexity index is 421. The first-order valence-electron chi connectivity index (χ1n) is 6.98. The smallest absolute Gasteiger partial charge is 0.127 e. The molecular formula is C15H21FN2. The molecule has 3 heteroatoms. The summed E-state index contributed by atoms with van der Waals surface area (Å²) in [5.74, 6) is -0.0765. The third-order valence-electron chi connectivity index (χ3n) is 4.46. The Morgan fingerprint density at radius 2 is 2.00 bits per heavy atom.